The average Bonchev–Trinajstić information content (AvgIpc) is 2.88. The van der Waals surface area contributed by atoms with E-state index in [1.807, 2.05) is 31.2 Å². The SMILES string of the molecule is COc1ccc(CNC(=O)C(=O)N/N=C\c2ccc(OCC(=O)Nc3ccc(C)cc3)cc2)cc1. The number of carbonyl (C=O) groups is 3. The Kier molecular flexibility index (Phi) is 8.95. The second-order valence-electron chi connectivity index (χ2n) is 7.50. The molecule has 0 aromatic heterocycles. The van der Waals surface area contributed by atoms with E-state index in [0.29, 0.717) is 22.7 Å². The average molecular weight is 475 g/mol. The minimum Gasteiger partial charge on any atom is -0.497 e. The lowest BCUT2D eigenvalue weighted by Crippen LogP contribution is -2.37. The zero-order valence-corrected chi connectivity index (χ0v) is 19.4. The fraction of sp³-hybridized carbons (Fsp3) is 0.154. The third-order valence-electron chi connectivity index (χ3n) is 4.78. The molecule has 3 aromatic carbocycles. The summed E-state index contributed by atoms with van der Waals surface area (Å²) >= 11 is 0. The van der Waals surface area contributed by atoms with Crippen molar-refractivity contribution in [1.29, 1.82) is 0 Å². The van der Waals surface area contributed by atoms with E-state index in [4.69, 9.17) is 9.47 Å². The lowest BCUT2D eigenvalue weighted by atomic mass is 10.2. The van der Waals surface area contributed by atoms with Crippen molar-refractivity contribution in [2.45, 2.75) is 13.5 Å². The van der Waals surface area contributed by atoms with E-state index < -0.39 is 11.8 Å². The van der Waals surface area contributed by atoms with Crippen LogP contribution in [0.2, 0.25) is 0 Å². The summed E-state index contributed by atoms with van der Waals surface area (Å²) in [5, 5.41) is 9.07. The summed E-state index contributed by atoms with van der Waals surface area (Å²) in [6.07, 6.45) is 1.39. The van der Waals surface area contributed by atoms with E-state index in [1.54, 1.807) is 55.6 Å². The van der Waals surface area contributed by atoms with Crippen molar-refractivity contribution >= 4 is 29.6 Å². The number of ether oxygens (including phenoxy) is 2. The maximum Gasteiger partial charge on any atom is 0.329 e. The standard InChI is InChI=1S/C26H26N4O5/c1-18-3-9-21(10-4-18)29-24(31)17-35-23-13-7-20(8-14-23)16-28-30-26(33)25(32)27-15-19-5-11-22(34-2)12-6-19/h3-14,16H,15,17H2,1-2H3,(H,27,32)(H,29,31)(H,30,33)/b28-16-. The number of methoxy groups -OCH3 is 1. The van der Waals surface area contributed by atoms with Gasteiger partial charge >= 0.3 is 11.8 Å². The van der Waals surface area contributed by atoms with E-state index >= 15 is 0 Å². The molecule has 0 aliphatic carbocycles. The van der Waals surface area contributed by atoms with Gasteiger partial charge < -0.3 is 20.1 Å². The van der Waals surface area contributed by atoms with Gasteiger partial charge in [0.2, 0.25) is 0 Å². The molecule has 180 valence electrons. The molecule has 9 heteroatoms. The van der Waals surface area contributed by atoms with Crippen LogP contribution in [0, 0.1) is 6.92 Å². The minimum absolute atomic E-state index is 0.136. The van der Waals surface area contributed by atoms with Gasteiger partial charge in [-0.15, -0.1) is 0 Å². The smallest absolute Gasteiger partial charge is 0.329 e. The highest BCUT2D eigenvalue weighted by Gasteiger charge is 2.12. The number of amides is 3. The van der Waals surface area contributed by atoms with E-state index in [0.717, 1.165) is 11.1 Å². The van der Waals surface area contributed by atoms with Crippen LogP contribution < -0.4 is 25.5 Å². The molecular weight excluding hydrogens is 448 g/mol. The van der Waals surface area contributed by atoms with Crippen molar-refractivity contribution in [2.24, 2.45) is 5.10 Å². The Bertz CT molecular complexity index is 1170. The predicted molar refractivity (Wildman–Crippen MR) is 132 cm³/mol. The first kappa shape index (κ1) is 25.0. The summed E-state index contributed by atoms with van der Waals surface area (Å²) in [6.45, 7) is 2.03. The van der Waals surface area contributed by atoms with E-state index in [9.17, 15) is 14.4 Å². The predicted octanol–water partition coefficient (Wildman–Crippen LogP) is 2.79. The molecular formula is C26H26N4O5. The molecule has 0 bridgehead atoms. The number of anilines is 1. The minimum atomic E-state index is -0.880. The molecule has 35 heavy (non-hydrogen) atoms. The molecule has 9 nitrogen and oxygen atoms in total. The first-order valence-electron chi connectivity index (χ1n) is 10.8. The number of rotatable bonds is 9. The summed E-state index contributed by atoms with van der Waals surface area (Å²) < 4.78 is 10.6. The van der Waals surface area contributed by atoms with Crippen molar-refractivity contribution in [3.63, 3.8) is 0 Å². The van der Waals surface area contributed by atoms with Crippen LogP contribution in [0.3, 0.4) is 0 Å². The molecule has 0 spiro atoms. The summed E-state index contributed by atoms with van der Waals surface area (Å²) in [6, 6.07) is 21.3. The third-order valence-corrected chi connectivity index (χ3v) is 4.78. The van der Waals surface area contributed by atoms with Crippen LogP contribution in [0.15, 0.2) is 77.9 Å². The lowest BCUT2D eigenvalue weighted by molar-refractivity contribution is -0.139. The number of aryl methyl sites for hydroxylation is 1. The van der Waals surface area contributed by atoms with E-state index in [-0.39, 0.29) is 19.1 Å². The lowest BCUT2D eigenvalue weighted by Gasteiger charge is -2.08. The number of nitrogens with one attached hydrogen (secondary N) is 3. The van der Waals surface area contributed by atoms with Crippen LogP contribution in [0.5, 0.6) is 11.5 Å². The Morgan fingerprint density at radius 1 is 0.857 bits per heavy atom. The Morgan fingerprint density at radius 3 is 2.17 bits per heavy atom. The summed E-state index contributed by atoms with van der Waals surface area (Å²) in [7, 11) is 1.57. The van der Waals surface area contributed by atoms with Crippen LogP contribution in [-0.4, -0.2) is 37.7 Å². The topological polar surface area (TPSA) is 118 Å². The van der Waals surface area contributed by atoms with Gasteiger partial charge in [0.25, 0.3) is 5.91 Å². The van der Waals surface area contributed by atoms with Gasteiger partial charge in [-0.05, 0) is 66.6 Å². The molecule has 0 atom stereocenters. The zero-order chi connectivity index (χ0) is 25.0. The molecule has 0 saturated carbocycles. The van der Waals surface area contributed by atoms with Gasteiger partial charge in [0.05, 0.1) is 13.3 Å². The van der Waals surface area contributed by atoms with E-state index in [1.165, 1.54) is 6.21 Å². The van der Waals surface area contributed by atoms with Crippen LogP contribution >= 0.6 is 0 Å². The van der Waals surface area contributed by atoms with Gasteiger partial charge in [0, 0.05) is 12.2 Å². The van der Waals surface area contributed by atoms with Crippen molar-refractivity contribution < 1.29 is 23.9 Å². The van der Waals surface area contributed by atoms with Gasteiger partial charge in [-0.2, -0.15) is 5.10 Å². The van der Waals surface area contributed by atoms with Crippen molar-refractivity contribution in [2.75, 3.05) is 19.0 Å². The number of benzene rings is 3. The monoisotopic (exact) mass is 474 g/mol. The number of hydrogen-bond donors (Lipinski definition) is 3. The van der Waals surface area contributed by atoms with Crippen LogP contribution in [0.25, 0.3) is 0 Å². The first-order valence-corrected chi connectivity index (χ1v) is 10.8. The number of carbonyl (C=O) groups excluding carboxylic acids is 3. The fourth-order valence-corrected chi connectivity index (χ4v) is 2.86. The maximum absolute atomic E-state index is 12.0. The van der Waals surface area contributed by atoms with Gasteiger partial charge in [0.1, 0.15) is 11.5 Å². The largest absolute Gasteiger partial charge is 0.497 e. The normalized spacial score (nSPS) is 10.5. The highest BCUT2D eigenvalue weighted by atomic mass is 16.5. The summed E-state index contributed by atoms with van der Waals surface area (Å²) in [4.78, 5) is 35.8. The first-order chi connectivity index (χ1) is 16.9. The van der Waals surface area contributed by atoms with Gasteiger partial charge in [-0.25, -0.2) is 5.43 Å². The van der Waals surface area contributed by atoms with Gasteiger partial charge in [-0.1, -0.05) is 29.8 Å². The number of hydrogen-bond acceptors (Lipinski definition) is 6. The molecule has 3 amide bonds. The van der Waals surface area contributed by atoms with Gasteiger partial charge in [-0.3, -0.25) is 14.4 Å². The van der Waals surface area contributed by atoms with Crippen molar-refractivity contribution in [1.82, 2.24) is 10.7 Å². The molecule has 3 aromatic rings. The summed E-state index contributed by atoms with van der Waals surface area (Å²) in [5.41, 5.74) is 5.48. The molecule has 0 radical (unpaired) electrons. The second kappa shape index (κ2) is 12.5. The highest BCUT2D eigenvalue weighted by molar-refractivity contribution is 6.35. The van der Waals surface area contributed by atoms with Gasteiger partial charge in [0.15, 0.2) is 6.61 Å². The highest BCUT2D eigenvalue weighted by Crippen LogP contribution is 2.13. The Morgan fingerprint density at radius 2 is 1.51 bits per heavy atom. The molecule has 0 fully saturated rings. The fourth-order valence-electron chi connectivity index (χ4n) is 2.86. The molecule has 0 aliphatic heterocycles. The third kappa shape index (κ3) is 8.32. The Hall–Kier alpha value is -4.66. The second-order valence-corrected chi connectivity index (χ2v) is 7.50. The van der Waals surface area contributed by atoms with Crippen molar-refractivity contribution in [3.05, 3.63) is 89.5 Å². The van der Waals surface area contributed by atoms with Crippen LogP contribution in [-0.2, 0) is 20.9 Å². The molecule has 3 rings (SSSR count). The van der Waals surface area contributed by atoms with Crippen LogP contribution in [0.1, 0.15) is 16.7 Å². The molecule has 3 N–H and O–H groups in total. The number of hydrazone groups is 1. The maximum atomic E-state index is 12.0. The van der Waals surface area contributed by atoms with Crippen LogP contribution in [0.4, 0.5) is 5.69 Å². The molecule has 0 saturated heterocycles. The zero-order valence-electron chi connectivity index (χ0n) is 19.4. The van der Waals surface area contributed by atoms with Crippen molar-refractivity contribution in [3.8, 4) is 11.5 Å². The number of nitrogens with zero attached hydrogens (tertiary/aromatic N) is 1. The quantitative estimate of drug-likeness (QED) is 0.250. The Labute approximate surface area is 203 Å². The summed E-state index contributed by atoms with van der Waals surface area (Å²) in [5.74, 6) is -0.745. The molecule has 0 heterocycles. The van der Waals surface area contributed by atoms with E-state index in [2.05, 4.69) is 21.2 Å². The molecule has 0 unspecified atom stereocenters. The Balaban J connectivity index is 1.38. The molecule has 0 aliphatic rings.